The zero-order valence-corrected chi connectivity index (χ0v) is 15.3. The highest BCUT2D eigenvalue weighted by molar-refractivity contribution is 7.99. The fourth-order valence-corrected chi connectivity index (χ4v) is 3.73. The fraction of sp³-hybridized carbons (Fsp3) is 0.556. The Hall–Kier alpha value is -1.56. The number of hydrogen-bond acceptors (Lipinski definition) is 4. The number of nitrogens with zero attached hydrogens (tertiary/aromatic N) is 1. The minimum atomic E-state index is -0.605. The van der Waals surface area contributed by atoms with Gasteiger partial charge in [0.05, 0.1) is 11.8 Å². The Bertz CT molecular complexity index is 603. The standard InChI is InChI=1S/C18H25FN2O2S/c1-4-5-9-16(23-21-12(2)3)18(22)20-15-10-11-24-17-13(15)7-6-8-14(17)19/h6-8,15-16H,4-5,9-11H2,1-3H3,(H,20,22)/t15-,16+/m1/s1. The van der Waals surface area contributed by atoms with Crippen molar-refractivity contribution >= 4 is 23.4 Å². The van der Waals surface area contributed by atoms with Crippen LogP contribution < -0.4 is 5.32 Å². The summed E-state index contributed by atoms with van der Waals surface area (Å²) < 4.78 is 13.9. The van der Waals surface area contributed by atoms with Crippen molar-refractivity contribution in [3.63, 3.8) is 0 Å². The van der Waals surface area contributed by atoms with Crippen LogP contribution in [0.4, 0.5) is 4.39 Å². The van der Waals surface area contributed by atoms with Gasteiger partial charge in [0.1, 0.15) is 5.82 Å². The molecule has 2 atom stereocenters. The van der Waals surface area contributed by atoms with Crippen molar-refractivity contribution in [1.82, 2.24) is 5.32 Å². The molecule has 0 aromatic heterocycles. The molecule has 0 unspecified atom stereocenters. The second-order valence-corrected chi connectivity index (χ2v) is 7.24. The molecule has 1 N–H and O–H groups in total. The van der Waals surface area contributed by atoms with Crippen LogP contribution in [0.5, 0.6) is 0 Å². The molecule has 24 heavy (non-hydrogen) atoms. The van der Waals surface area contributed by atoms with Gasteiger partial charge < -0.3 is 10.2 Å². The molecule has 1 aromatic carbocycles. The van der Waals surface area contributed by atoms with Gasteiger partial charge in [-0.15, -0.1) is 11.8 Å². The summed E-state index contributed by atoms with van der Waals surface area (Å²) in [5.41, 5.74) is 1.62. The topological polar surface area (TPSA) is 50.7 Å². The van der Waals surface area contributed by atoms with E-state index in [-0.39, 0.29) is 17.8 Å². The summed E-state index contributed by atoms with van der Waals surface area (Å²) in [5.74, 6) is 0.382. The van der Waals surface area contributed by atoms with Crippen LogP contribution in [0.25, 0.3) is 0 Å². The van der Waals surface area contributed by atoms with E-state index in [1.54, 1.807) is 6.07 Å². The minimum absolute atomic E-state index is 0.177. The van der Waals surface area contributed by atoms with Crippen LogP contribution in [-0.4, -0.2) is 23.5 Å². The van der Waals surface area contributed by atoms with E-state index in [1.165, 1.54) is 17.8 Å². The lowest BCUT2D eigenvalue weighted by Gasteiger charge is -2.27. The predicted molar refractivity (Wildman–Crippen MR) is 95.8 cm³/mol. The Morgan fingerprint density at radius 2 is 2.29 bits per heavy atom. The van der Waals surface area contributed by atoms with Gasteiger partial charge in [0.15, 0.2) is 0 Å². The lowest BCUT2D eigenvalue weighted by molar-refractivity contribution is -0.134. The molecular formula is C18H25FN2O2S. The van der Waals surface area contributed by atoms with Crippen molar-refractivity contribution in [2.45, 2.75) is 63.5 Å². The lowest BCUT2D eigenvalue weighted by atomic mass is 10.0. The maximum Gasteiger partial charge on any atom is 0.264 e. The summed E-state index contributed by atoms with van der Waals surface area (Å²) in [7, 11) is 0. The summed E-state index contributed by atoms with van der Waals surface area (Å²) >= 11 is 1.50. The normalized spacial score (nSPS) is 17.6. The van der Waals surface area contributed by atoms with Crippen LogP contribution in [0.1, 0.15) is 58.1 Å². The van der Waals surface area contributed by atoms with Gasteiger partial charge in [-0.3, -0.25) is 4.79 Å². The molecule has 132 valence electrons. The second kappa shape index (κ2) is 9.06. The number of carbonyl (C=O) groups is 1. The van der Waals surface area contributed by atoms with Gasteiger partial charge in [0.2, 0.25) is 6.10 Å². The van der Waals surface area contributed by atoms with Crippen LogP contribution in [0, 0.1) is 5.82 Å². The van der Waals surface area contributed by atoms with Crippen molar-refractivity contribution in [1.29, 1.82) is 0 Å². The molecule has 0 saturated carbocycles. The quantitative estimate of drug-likeness (QED) is 0.583. The van der Waals surface area contributed by atoms with E-state index in [4.69, 9.17) is 4.84 Å². The molecule has 0 spiro atoms. The molecule has 6 heteroatoms. The van der Waals surface area contributed by atoms with Crippen molar-refractivity contribution in [3.8, 4) is 0 Å². The van der Waals surface area contributed by atoms with Crippen molar-refractivity contribution < 1.29 is 14.0 Å². The Balaban J connectivity index is 2.09. The molecular weight excluding hydrogens is 327 g/mol. The number of rotatable bonds is 7. The van der Waals surface area contributed by atoms with Crippen molar-refractivity contribution in [3.05, 3.63) is 29.6 Å². The largest absolute Gasteiger partial charge is 0.382 e. The first-order valence-electron chi connectivity index (χ1n) is 8.41. The highest BCUT2D eigenvalue weighted by atomic mass is 32.2. The highest BCUT2D eigenvalue weighted by Crippen LogP contribution is 2.37. The van der Waals surface area contributed by atoms with Gasteiger partial charge >= 0.3 is 0 Å². The smallest absolute Gasteiger partial charge is 0.264 e. The molecule has 1 amide bonds. The molecule has 0 saturated heterocycles. The summed E-state index contributed by atoms with van der Waals surface area (Å²) in [5, 5.41) is 6.96. The van der Waals surface area contributed by atoms with E-state index in [1.807, 2.05) is 19.9 Å². The number of oxime groups is 1. The average molecular weight is 352 g/mol. The molecule has 1 aliphatic heterocycles. The van der Waals surface area contributed by atoms with E-state index in [9.17, 15) is 9.18 Å². The van der Waals surface area contributed by atoms with Gasteiger partial charge in [-0.25, -0.2) is 4.39 Å². The van der Waals surface area contributed by atoms with E-state index < -0.39 is 6.10 Å². The first-order valence-corrected chi connectivity index (χ1v) is 9.40. The summed E-state index contributed by atoms with van der Waals surface area (Å²) in [4.78, 5) is 18.7. The van der Waals surface area contributed by atoms with Gasteiger partial charge in [-0.2, -0.15) is 0 Å². The number of benzene rings is 1. The first kappa shape index (κ1) is 18.8. The Labute approximate surface area is 147 Å². The first-order chi connectivity index (χ1) is 11.5. The maximum absolute atomic E-state index is 13.9. The van der Waals surface area contributed by atoms with E-state index in [2.05, 4.69) is 17.4 Å². The summed E-state index contributed by atoms with van der Waals surface area (Å²) in [6, 6.07) is 4.85. The Kier molecular flexibility index (Phi) is 7.09. The number of hydrogen-bond donors (Lipinski definition) is 1. The van der Waals surface area contributed by atoms with Gasteiger partial charge in [0.25, 0.3) is 5.91 Å². The monoisotopic (exact) mass is 352 g/mol. The molecule has 1 heterocycles. The van der Waals surface area contributed by atoms with Crippen LogP contribution in [0.3, 0.4) is 0 Å². The van der Waals surface area contributed by atoms with E-state index in [0.717, 1.165) is 36.3 Å². The molecule has 0 aliphatic carbocycles. The number of nitrogens with one attached hydrogen (secondary N) is 1. The molecule has 4 nitrogen and oxygen atoms in total. The zero-order valence-electron chi connectivity index (χ0n) is 14.5. The second-order valence-electron chi connectivity index (χ2n) is 6.13. The number of carbonyl (C=O) groups excluding carboxylic acids is 1. The molecule has 0 bridgehead atoms. The highest BCUT2D eigenvalue weighted by Gasteiger charge is 2.28. The number of unbranched alkanes of at least 4 members (excludes halogenated alkanes) is 1. The van der Waals surface area contributed by atoms with E-state index in [0.29, 0.717) is 11.3 Å². The van der Waals surface area contributed by atoms with Gasteiger partial charge in [-0.05, 0) is 44.7 Å². The number of fused-ring (bicyclic) bond motifs is 1. The van der Waals surface area contributed by atoms with Crippen molar-refractivity contribution in [2.24, 2.45) is 5.16 Å². The molecule has 1 aromatic rings. The zero-order chi connectivity index (χ0) is 17.5. The molecule has 0 radical (unpaired) electrons. The third-order valence-corrected chi connectivity index (χ3v) is 4.98. The minimum Gasteiger partial charge on any atom is -0.382 e. The van der Waals surface area contributed by atoms with Crippen molar-refractivity contribution in [2.75, 3.05) is 5.75 Å². The molecule has 1 aliphatic rings. The van der Waals surface area contributed by atoms with Crippen LogP contribution in [-0.2, 0) is 9.63 Å². The fourth-order valence-electron chi connectivity index (χ4n) is 2.59. The van der Waals surface area contributed by atoms with Gasteiger partial charge in [0, 0.05) is 10.6 Å². The third kappa shape index (κ3) is 4.97. The van der Waals surface area contributed by atoms with Crippen LogP contribution >= 0.6 is 11.8 Å². The predicted octanol–water partition coefficient (Wildman–Crippen LogP) is 4.45. The van der Waals surface area contributed by atoms with E-state index >= 15 is 0 Å². The Morgan fingerprint density at radius 3 is 3.00 bits per heavy atom. The average Bonchev–Trinajstić information content (AvgIpc) is 2.55. The third-order valence-electron chi connectivity index (χ3n) is 3.82. The van der Waals surface area contributed by atoms with Crippen LogP contribution in [0.2, 0.25) is 0 Å². The molecule has 2 rings (SSSR count). The SMILES string of the molecule is CCCC[C@H](ON=C(C)C)C(=O)N[C@@H]1CCSc2c(F)cccc21. The number of thioether (sulfide) groups is 1. The van der Waals surface area contributed by atoms with Gasteiger partial charge in [-0.1, -0.05) is 30.6 Å². The summed E-state index contributed by atoms with van der Waals surface area (Å²) in [6.07, 6.45) is 2.67. The maximum atomic E-state index is 13.9. The number of halogens is 1. The summed E-state index contributed by atoms with van der Waals surface area (Å²) in [6.45, 7) is 5.72. The number of amides is 1. The lowest BCUT2D eigenvalue weighted by Crippen LogP contribution is -2.39. The van der Waals surface area contributed by atoms with Crippen LogP contribution in [0.15, 0.2) is 28.3 Å². The molecule has 0 fully saturated rings. The Morgan fingerprint density at radius 1 is 1.50 bits per heavy atom.